The summed E-state index contributed by atoms with van der Waals surface area (Å²) in [7, 11) is 0. The average Bonchev–Trinajstić information content (AvgIpc) is 3.71. The van der Waals surface area contributed by atoms with Crippen LogP contribution in [0.2, 0.25) is 0 Å². The van der Waals surface area contributed by atoms with Gasteiger partial charge in [0.1, 0.15) is 0 Å². The Kier molecular flexibility index (Phi) is 15.6. The number of nitrogens with zero attached hydrogens (tertiary/aromatic N) is 4. The van der Waals surface area contributed by atoms with Gasteiger partial charge in [-0.2, -0.15) is 0 Å². The quantitative estimate of drug-likeness (QED) is 0.0901. The largest absolute Gasteiger partial charge is 0.311 e. The molecule has 0 spiro atoms. The van der Waals surface area contributed by atoms with Gasteiger partial charge in [-0.25, -0.2) is 0 Å². The molecule has 4 heteroatoms. The number of para-hydroxylation sites is 2. The standard InChI is InChI=1S/C84H62N4/c1-7-23-63(24-8-1)69-31-19-39-81(59-69)87(82-40-20-32-70(60-82)64-25-9-2-10-26-64)79-55-51-77(52-56-79)86(76-49-45-68(46-50-76)67-43-47-75(48-44-67)85(73-35-15-5-16-36-73)74-37-17-6-18-38-74)78-53-57-80(58-54-78)88(83-41-21-33-71(61-83)65-27-11-3-12-28-65)84-42-22-34-72(62-84)66-29-13-4-14-30-66/h1-62H. The summed E-state index contributed by atoms with van der Waals surface area (Å²) in [4.78, 5) is 9.40. The molecule has 0 aliphatic heterocycles. The number of rotatable bonds is 17. The number of hydrogen-bond acceptors (Lipinski definition) is 4. The average molecular weight is 1130 g/mol. The zero-order valence-corrected chi connectivity index (χ0v) is 48.6. The Bertz CT molecular complexity index is 4140. The molecule has 0 bridgehead atoms. The Balaban J connectivity index is 0.863. The van der Waals surface area contributed by atoms with Crippen molar-refractivity contribution in [2.75, 3.05) is 19.6 Å². The van der Waals surface area contributed by atoms with Crippen LogP contribution in [0.1, 0.15) is 0 Å². The van der Waals surface area contributed by atoms with Gasteiger partial charge in [-0.3, -0.25) is 0 Å². The van der Waals surface area contributed by atoms with E-state index < -0.39 is 0 Å². The Morgan fingerprint density at radius 2 is 0.250 bits per heavy atom. The van der Waals surface area contributed by atoms with E-state index in [-0.39, 0.29) is 0 Å². The molecule has 14 aromatic rings. The lowest BCUT2D eigenvalue weighted by molar-refractivity contribution is 1.24. The lowest BCUT2D eigenvalue weighted by Gasteiger charge is -2.30. The molecule has 14 aromatic carbocycles. The molecule has 0 aromatic heterocycles. The zero-order valence-electron chi connectivity index (χ0n) is 48.6. The second-order valence-electron chi connectivity index (χ2n) is 21.8. The molecule has 4 nitrogen and oxygen atoms in total. The van der Waals surface area contributed by atoms with Crippen LogP contribution in [-0.4, -0.2) is 0 Å². The second kappa shape index (κ2) is 25.2. The van der Waals surface area contributed by atoms with Crippen molar-refractivity contribution in [1.29, 1.82) is 0 Å². The van der Waals surface area contributed by atoms with Crippen molar-refractivity contribution in [3.05, 3.63) is 376 Å². The van der Waals surface area contributed by atoms with Crippen LogP contribution in [0.5, 0.6) is 0 Å². The highest BCUT2D eigenvalue weighted by Gasteiger charge is 2.21. The maximum Gasteiger partial charge on any atom is 0.0467 e. The van der Waals surface area contributed by atoms with Crippen molar-refractivity contribution in [3.63, 3.8) is 0 Å². The van der Waals surface area contributed by atoms with Gasteiger partial charge < -0.3 is 19.6 Å². The minimum absolute atomic E-state index is 1.02. The Labute approximate surface area is 516 Å². The summed E-state index contributed by atoms with van der Waals surface area (Å²) < 4.78 is 0. The first-order chi connectivity index (χ1) is 43.6. The van der Waals surface area contributed by atoms with Gasteiger partial charge in [-0.05, 0) is 201 Å². The molecule has 0 fully saturated rings. The van der Waals surface area contributed by atoms with Crippen molar-refractivity contribution < 1.29 is 0 Å². The van der Waals surface area contributed by atoms with Gasteiger partial charge in [-0.1, -0.05) is 231 Å². The fraction of sp³-hybridized carbons (Fsp3) is 0. The molecule has 0 aliphatic carbocycles. The van der Waals surface area contributed by atoms with Crippen LogP contribution >= 0.6 is 0 Å². The highest BCUT2D eigenvalue weighted by Crippen LogP contribution is 2.45. The highest BCUT2D eigenvalue weighted by molar-refractivity contribution is 5.88. The number of anilines is 12. The summed E-state index contributed by atoms with van der Waals surface area (Å²) in [6.45, 7) is 0. The lowest BCUT2D eigenvalue weighted by Crippen LogP contribution is -2.13. The van der Waals surface area contributed by atoms with E-state index in [1.54, 1.807) is 0 Å². The SMILES string of the molecule is c1ccc(-c2cccc(N(c3ccc(N(c4ccc(-c5ccc(N(c6ccccc6)c6ccccc6)cc5)cc4)c4ccc(N(c5cccc(-c6ccccc6)c5)c5cccc(-c6ccccc6)c5)cc4)cc3)c3cccc(-c4ccccc4)c3)c2)cc1. The van der Waals surface area contributed by atoms with Crippen molar-refractivity contribution >= 4 is 68.2 Å². The van der Waals surface area contributed by atoms with Gasteiger partial charge in [0.2, 0.25) is 0 Å². The summed E-state index contributed by atoms with van der Waals surface area (Å²) in [5.74, 6) is 0. The first kappa shape index (κ1) is 54.2. The summed E-state index contributed by atoms with van der Waals surface area (Å²) in [6.07, 6.45) is 0. The van der Waals surface area contributed by atoms with Crippen molar-refractivity contribution in [1.82, 2.24) is 0 Å². The van der Waals surface area contributed by atoms with E-state index in [2.05, 4.69) is 396 Å². The minimum atomic E-state index is 1.02. The number of hydrogen-bond donors (Lipinski definition) is 0. The molecule has 418 valence electrons. The molecule has 0 atom stereocenters. The molecule has 0 saturated carbocycles. The van der Waals surface area contributed by atoms with Crippen LogP contribution in [0.3, 0.4) is 0 Å². The summed E-state index contributed by atoms with van der Waals surface area (Å²) in [6, 6.07) is 135. The topological polar surface area (TPSA) is 13.0 Å². The van der Waals surface area contributed by atoms with E-state index in [1.807, 2.05) is 0 Å². The molecule has 0 N–H and O–H groups in total. The third-order valence-corrected chi connectivity index (χ3v) is 16.2. The van der Waals surface area contributed by atoms with E-state index >= 15 is 0 Å². The van der Waals surface area contributed by atoms with Crippen molar-refractivity contribution in [2.45, 2.75) is 0 Å². The summed E-state index contributed by atoms with van der Waals surface area (Å²) in [5, 5.41) is 0. The number of benzene rings is 14. The monoisotopic (exact) mass is 1130 g/mol. The van der Waals surface area contributed by atoms with E-state index in [4.69, 9.17) is 0 Å². The molecule has 0 radical (unpaired) electrons. The van der Waals surface area contributed by atoms with E-state index in [1.165, 1.54) is 22.3 Å². The zero-order chi connectivity index (χ0) is 58.9. The fourth-order valence-electron chi connectivity index (χ4n) is 11.9. The van der Waals surface area contributed by atoms with Crippen LogP contribution in [-0.2, 0) is 0 Å². The summed E-state index contributed by atoms with van der Waals surface area (Å²) >= 11 is 0. The minimum Gasteiger partial charge on any atom is -0.311 e. The maximum absolute atomic E-state index is 2.37. The molecular weight excluding hydrogens is 1060 g/mol. The predicted octanol–water partition coefficient (Wildman–Crippen LogP) is 23.9. The third kappa shape index (κ3) is 11.7. The molecular formula is C84H62N4. The normalized spacial score (nSPS) is 11.0. The maximum atomic E-state index is 2.37. The van der Waals surface area contributed by atoms with Crippen molar-refractivity contribution in [2.24, 2.45) is 0 Å². The van der Waals surface area contributed by atoms with Gasteiger partial charge in [0.15, 0.2) is 0 Å². The first-order valence-electron chi connectivity index (χ1n) is 30.0. The molecule has 0 aliphatic rings. The van der Waals surface area contributed by atoms with Crippen LogP contribution in [0.4, 0.5) is 68.2 Å². The molecule has 0 heterocycles. The van der Waals surface area contributed by atoms with Crippen LogP contribution in [0, 0.1) is 0 Å². The predicted molar refractivity (Wildman–Crippen MR) is 372 cm³/mol. The van der Waals surface area contributed by atoms with Gasteiger partial charge in [-0.15, -0.1) is 0 Å². The van der Waals surface area contributed by atoms with Gasteiger partial charge >= 0.3 is 0 Å². The van der Waals surface area contributed by atoms with Gasteiger partial charge in [0.25, 0.3) is 0 Å². The Morgan fingerprint density at radius 1 is 0.102 bits per heavy atom. The molecule has 88 heavy (non-hydrogen) atoms. The second-order valence-corrected chi connectivity index (χ2v) is 21.8. The first-order valence-corrected chi connectivity index (χ1v) is 30.0. The van der Waals surface area contributed by atoms with Gasteiger partial charge in [0, 0.05) is 68.2 Å². The Hall–Kier alpha value is -11.7. The van der Waals surface area contributed by atoms with E-state index in [0.29, 0.717) is 0 Å². The van der Waals surface area contributed by atoms with Crippen LogP contribution in [0.25, 0.3) is 55.6 Å². The highest BCUT2D eigenvalue weighted by atomic mass is 15.2. The molecule has 14 rings (SSSR count). The van der Waals surface area contributed by atoms with E-state index in [9.17, 15) is 0 Å². The smallest absolute Gasteiger partial charge is 0.0467 e. The fourth-order valence-corrected chi connectivity index (χ4v) is 11.9. The summed E-state index contributed by atoms with van der Waals surface area (Å²) in [5.41, 5.74) is 24.3. The van der Waals surface area contributed by atoms with E-state index in [0.717, 1.165) is 102 Å². The Morgan fingerprint density at radius 3 is 0.477 bits per heavy atom. The third-order valence-electron chi connectivity index (χ3n) is 16.2. The molecule has 0 unspecified atom stereocenters. The van der Waals surface area contributed by atoms with Gasteiger partial charge in [0.05, 0.1) is 0 Å². The lowest BCUT2D eigenvalue weighted by atomic mass is 10.0. The van der Waals surface area contributed by atoms with Crippen LogP contribution in [0.15, 0.2) is 376 Å². The molecule has 0 amide bonds. The van der Waals surface area contributed by atoms with Crippen LogP contribution < -0.4 is 19.6 Å². The van der Waals surface area contributed by atoms with Crippen molar-refractivity contribution in [3.8, 4) is 55.6 Å². The molecule has 0 saturated heterocycles.